The van der Waals surface area contributed by atoms with Crippen molar-refractivity contribution in [2.24, 2.45) is 0 Å². The van der Waals surface area contributed by atoms with Gasteiger partial charge in [0.15, 0.2) is 0 Å². The molecule has 0 bridgehead atoms. The molecule has 0 saturated heterocycles. The van der Waals surface area contributed by atoms with Crippen LogP contribution in [0.25, 0.3) is 0 Å². The smallest absolute Gasteiger partial charge is 0.136 e. The molecule has 1 aromatic heterocycles. The number of aryl methyl sites for hydroxylation is 1. The zero-order valence-electron chi connectivity index (χ0n) is 14.1. The van der Waals surface area contributed by atoms with E-state index in [1.807, 2.05) is 42.5 Å². The Bertz CT molecular complexity index is 644. The minimum Gasteiger partial charge on any atom is -0.497 e. The van der Waals surface area contributed by atoms with Crippen LogP contribution in [0.2, 0.25) is 0 Å². The molecule has 4 nitrogen and oxygen atoms in total. The van der Waals surface area contributed by atoms with Crippen LogP contribution in [0.4, 0.5) is 5.82 Å². The number of hydrogen-bond donors (Lipinski definition) is 1. The number of unbranched alkanes of at least 4 members (excludes halogenated alkanes) is 1. The van der Waals surface area contributed by atoms with Crippen molar-refractivity contribution in [1.29, 1.82) is 0 Å². The van der Waals surface area contributed by atoms with E-state index in [1.165, 1.54) is 5.56 Å². The van der Waals surface area contributed by atoms with Gasteiger partial charge in [0.25, 0.3) is 0 Å². The summed E-state index contributed by atoms with van der Waals surface area (Å²) < 4.78 is 5.16. The second-order valence-corrected chi connectivity index (χ2v) is 6.07. The molecular weight excluding hydrogens is 319 g/mol. The fourth-order valence-corrected chi connectivity index (χ4v) is 2.59. The molecule has 1 unspecified atom stereocenters. The fourth-order valence-electron chi connectivity index (χ4n) is 2.38. The molecular formula is C19H25N2O2P. The molecule has 0 radical (unpaired) electrons. The Morgan fingerprint density at radius 1 is 1.17 bits per heavy atom. The van der Waals surface area contributed by atoms with Crippen LogP contribution in [0.3, 0.4) is 0 Å². The molecule has 0 saturated carbocycles. The maximum atomic E-state index is 11.3. The summed E-state index contributed by atoms with van der Waals surface area (Å²) in [6.07, 6.45) is 4.05. The summed E-state index contributed by atoms with van der Waals surface area (Å²) >= 11 is 0. The molecule has 24 heavy (non-hydrogen) atoms. The van der Waals surface area contributed by atoms with Gasteiger partial charge in [0, 0.05) is 24.8 Å². The number of rotatable bonds is 10. The molecule has 1 aromatic carbocycles. The number of Topliss-reactive ketones (excluding diaryl/α,β-unsaturated/α-hetero) is 1. The number of hydrogen-bond acceptors (Lipinski definition) is 4. The highest BCUT2D eigenvalue weighted by molar-refractivity contribution is 7.18. The Morgan fingerprint density at radius 3 is 2.67 bits per heavy atom. The molecule has 0 spiro atoms. The number of nitrogens with one attached hydrogen (secondary N) is 1. The van der Waals surface area contributed by atoms with Gasteiger partial charge in [-0.15, -0.1) is 9.24 Å². The van der Waals surface area contributed by atoms with E-state index in [2.05, 4.69) is 19.5 Å². The molecule has 128 valence electrons. The fraction of sp³-hybridized carbons (Fsp3) is 0.368. The van der Waals surface area contributed by atoms with Gasteiger partial charge >= 0.3 is 0 Å². The van der Waals surface area contributed by atoms with Gasteiger partial charge in [-0.2, -0.15) is 0 Å². The average Bonchev–Trinajstić information content (AvgIpc) is 2.64. The van der Waals surface area contributed by atoms with Crippen molar-refractivity contribution < 1.29 is 9.53 Å². The van der Waals surface area contributed by atoms with E-state index in [0.29, 0.717) is 18.4 Å². The van der Waals surface area contributed by atoms with E-state index in [0.717, 1.165) is 43.1 Å². The van der Waals surface area contributed by atoms with Crippen LogP contribution in [-0.2, 0) is 17.8 Å². The summed E-state index contributed by atoms with van der Waals surface area (Å²) in [5.74, 6) is 2.05. The maximum Gasteiger partial charge on any atom is 0.136 e. The highest BCUT2D eigenvalue weighted by Crippen LogP contribution is 2.14. The van der Waals surface area contributed by atoms with Crippen LogP contribution in [0.5, 0.6) is 5.75 Å². The van der Waals surface area contributed by atoms with Gasteiger partial charge in [0.1, 0.15) is 17.4 Å². The first-order valence-electron chi connectivity index (χ1n) is 8.26. The van der Waals surface area contributed by atoms with E-state index in [1.54, 1.807) is 7.11 Å². The van der Waals surface area contributed by atoms with E-state index in [9.17, 15) is 4.79 Å². The molecule has 5 heteroatoms. The lowest BCUT2D eigenvalue weighted by atomic mass is 10.1. The monoisotopic (exact) mass is 344 g/mol. The normalized spacial score (nSPS) is 10.4. The highest BCUT2D eigenvalue weighted by Gasteiger charge is 2.01. The number of ketones is 1. The minimum atomic E-state index is 0.308. The van der Waals surface area contributed by atoms with Crippen molar-refractivity contribution in [3.05, 3.63) is 53.7 Å². The van der Waals surface area contributed by atoms with Gasteiger partial charge in [-0.3, -0.25) is 4.79 Å². The standard InChI is InChI=1S/C19H25N2O2P/c1-23-18-11-9-15(10-12-18)13-20-19-8-4-6-16(21-19)5-2-3-7-17(22)14-24/h4,6,8-12H,2-3,5,7,13-14,24H2,1H3,(H,20,21). The quantitative estimate of drug-likeness (QED) is 0.525. The average molecular weight is 344 g/mol. The number of methoxy groups -OCH3 is 1. The molecule has 1 heterocycles. The minimum absolute atomic E-state index is 0.308. The van der Waals surface area contributed by atoms with E-state index < -0.39 is 0 Å². The highest BCUT2D eigenvalue weighted by atomic mass is 31.0. The third-order valence-electron chi connectivity index (χ3n) is 3.81. The van der Waals surface area contributed by atoms with Crippen LogP contribution in [0.15, 0.2) is 42.5 Å². The molecule has 0 aliphatic rings. The van der Waals surface area contributed by atoms with E-state index in [-0.39, 0.29) is 0 Å². The van der Waals surface area contributed by atoms with Gasteiger partial charge in [0.2, 0.25) is 0 Å². The topological polar surface area (TPSA) is 51.2 Å². The van der Waals surface area contributed by atoms with Crippen molar-refractivity contribution in [3.63, 3.8) is 0 Å². The zero-order chi connectivity index (χ0) is 17.2. The zero-order valence-corrected chi connectivity index (χ0v) is 15.3. The van der Waals surface area contributed by atoms with Crippen LogP contribution in [0.1, 0.15) is 30.5 Å². The molecule has 2 rings (SSSR count). The summed E-state index contributed by atoms with van der Waals surface area (Å²) in [6.45, 7) is 0.725. The van der Waals surface area contributed by atoms with Gasteiger partial charge in [-0.05, 0) is 49.1 Å². The summed E-state index contributed by atoms with van der Waals surface area (Å²) in [6, 6.07) is 14.0. The number of ether oxygens (including phenoxy) is 1. The van der Waals surface area contributed by atoms with Crippen molar-refractivity contribution in [3.8, 4) is 5.75 Å². The lowest BCUT2D eigenvalue weighted by Gasteiger charge is -2.08. The molecule has 2 aromatic rings. The third kappa shape index (κ3) is 6.29. The van der Waals surface area contributed by atoms with Crippen LogP contribution >= 0.6 is 9.24 Å². The Labute approximate surface area is 146 Å². The Morgan fingerprint density at radius 2 is 1.96 bits per heavy atom. The molecule has 1 atom stereocenters. The molecule has 0 aliphatic carbocycles. The maximum absolute atomic E-state index is 11.3. The third-order valence-corrected chi connectivity index (χ3v) is 4.26. The van der Waals surface area contributed by atoms with Crippen molar-refractivity contribution in [2.75, 3.05) is 18.6 Å². The van der Waals surface area contributed by atoms with Crippen molar-refractivity contribution in [1.82, 2.24) is 4.98 Å². The lowest BCUT2D eigenvalue weighted by Crippen LogP contribution is -2.03. The van der Waals surface area contributed by atoms with Crippen molar-refractivity contribution >= 4 is 20.8 Å². The SMILES string of the molecule is COc1ccc(CNc2cccc(CCCCC(=O)CP)n2)cc1. The van der Waals surface area contributed by atoms with Gasteiger partial charge in [-0.25, -0.2) is 4.98 Å². The number of carbonyl (C=O) groups excluding carboxylic acids is 1. The number of carbonyl (C=O) groups is 1. The second-order valence-electron chi connectivity index (χ2n) is 5.67. The number of benzene rings is 1. The summed E-state index contributed by atoms with van der Waals surface area (Å²) in [4.78, 5) is 15.9. The largest absolute Gasteiger partial charge is 0.497 e. The number of anilines is 1. The Hall–Kier alpha value is -1.93. The summed E-state index contributed by atoms with van der Waals surface area (Å²) in [5, 5.41) is 3.35. The van der Waals surface area contributed by atoms with Crippen molar-refractivity contribution in [2.45, 2.75) is 32.2 Å². The first kappa shape index (κ1) is 18.4. The van der Waals surface area contributed by atoms with Gasteiger partial charge < -0.3 is 10.1 Å². The van der Waals surface area contributed by atoms with Gasteiger partial charge in [-0.1, -0.05) is 18.2 Å². The second kappa shape index (κ2) is 10.0. The van der Waals surface area contributed by atoms with E-state index in [4.69, 9.17) is 4.74 Å². The lowest BCUT2D eigenvalue weighted by molar-refractivity contribution is -0.116. The summed E-state index contributed by atoms with van der Waals surface area (Å²) in [5.41, 5.74) is 2.24. The molecule has 0 fully saturated rings. The number of nitrogens with zero attached hydrogens (tertiary/aromatic N) is 1. The summed E-state index contributed by atoms with van der Waals surface area (Å²) in [7, 11) is 4.15. The van der Waals surface area contributed by atoms with Gasteiger partial charge in [0.05, 0.1) is 7.11 Å². The molecule has 0 amide bonds. The van der Waals surface area contributed by atoms with Crippen LogP contribution in [0, 0.1) is 0 Å². The number of aromatic nitrogens is 1. The molecule has 1 N–H and O–H groups in total. The Kier molecular flexibility index (Phi) is 7.70. The molecule has 0 aliphatic heterocycles. The first-order valence-corrected chi connectivity index (χ1v) is 9.07. The Balaban J connectivity index is 1.80. The van der Waals surface area contributed by atoms with Crippen LogP contribution < -0.4 is 10.1 Å². The predicted octanol–water partition coefficient (Wildman–Crippen LogP) is 3.86. The first-order chi connectivity index (χ1) is 11.7. The predicted molar refractivity (Wildman–Crippen MR) is 102 cm³/mol. The van der Waals surface area contributed by atoms with E-state index >= 15 is 0 Å². The number of pyridine rings is 1. The van der Waals surface area contributed by atoms with Crippen LogP contribution in [-0.4, -0.2) is 24.0 Å².